The van der Waals surface area contributed by atoms with Crippen LogP contribution < -0.4 is 15.4 Å². The largest absolute Gasteiger partial charge is 0.494 e. The highest BCUT2D eigenvalue weighted by Crippen LogP contribution is 2.57. The molecule has 1 aliphatic heterocycles. The van der Waals surface area contributed by atoms with Crippen molar-refractivity contribution in [3.63, 3.8) is 0 Å². The number of ether oxygens (including phenoxy) is 2. The quantitative estimate of drug-likeness (QED) is 0.900. The standard InChI is InChI=1S/C15H19FN2O3/c1-14(2)15(7-9(15)8-21-14)18-13(19)17-12-10(16)5-4-6-11(12)20-3/h4-6,9H,7-8H2,1-3H3,(H2,17,18,19). The Labute approximate surface area is 122 Å². The summed E-state index contributed by atoms with van der Waals surface area (Å²) in [4.78, 5) is 12.2. The maximum atomic E-state index is 13.8. The SMILES string of the molecule is COc1cccc(F)c1NC(=O)NC12CC1COC2(C)C. The summed E-state index contributed by atoms with van der Waals surface area (Å²) in [5.41, 5.74) is -0.716. The van der Waals surface area contributed by atoms with Crippen LogP contribution in [0.1, 0.15) is 20.3 Å². The van der Waals surface area contributed by atoms with E-state index in [2.05, 4.69) is 10.6 Å². The fraction of sp³-hybridized carbons (Fsp3) is 0.533. The molecular weight excluding hydrogens is 275 g/mol. The van der Waals surface area contributed by atoms with Crippen molar-refractivity contribution in [2.45, 2.75) is 31.4 Å². The van der Waals surface area contributed by atoms with Crippen LogP contribution in [0.15, 0.2) is 18.2 Å². The molecule has 2 unspecified atom stereocenters. The van der Waals surface area contributed by atoms with E-state index >= 15 is 0 Å². The maximum Gasteiger partial charge on any atom is 0.319 e. The number of rotatable bonds is 3. The lowest BCUT2D eigenvalue weighted by Gasteiger charge is -2.31. The molecule has 3 rings (SSSR count). The van der Waals surface area contributed by atoms with E-state index in [0.717, 1.165) is 6.42 Å². The van der Waals surface area contributed by atoms with Gasteiger partial charge < -0.3 is 20.1 Å². The molecule has 0 spiro atoms. The molecule has 5 nitrogen and oxygen atoms in total. The molecule has 1 saturated carbocycles. The lowest BCUT2D eigenvalue weighted by molar-refractivity contribution is -0.00667. The Hall–Kier alpha value is -1.82. The van der Waals surface area contributed by atoms with Crippen LogP contribution in [-0.2, 0) is 4.74 Å². The van der Waals surface area contributed by atoms with Crippen molar-refractivity contribution in [3.8, 4) is 5.75 Å². The normalized spacial score (nSPS) is 28.7. The Morgan fingerprint density at radius 2 is 2.24 bits per heavy atom. The number of fused-ring (bicyclic) bond motifs is 1. The number of carbonyl (C=O) groups is 1. The predicted molar refractivity (Wildman–Crippen MR) is 76.0 cm³/mol. The average molecular weight is 294 g/mol. The van der Waals surface area contributed by atoms with Crippen molar-refractivity contribution in [3.05, 3.63) is 24.0 Å². The summed E-state index contributed by atoms with van der Waals surface area (Å²) in [7, 11) is 1.43. The first-order valence-corrected chi connectivity index (χ1v) is 6.95. The number of nitrogens with one attached hydrogen (secondary N) is 2. The molecule has 6 heteroatoms. The van der Waals surface area contributed by atoms with Gasteiger partial charge in [0.2, 0.25) is 0 Å². The minimum atomic E-state index is -0.531. The third-order valence-corrected chi connectivity index (χ3v) is 4.60. The smallest absolute Gasteiger partial charge is 0.319 e. The van der Waals surface area contributed by atoms with Crippen molar-refractivity contribution < 1.29 is 18.7 Å². The average Bonchev–Trinajstić information content (AvgIpc) is 3.08. The molecule has 2 aliphatic rings. The van der Waals surface area contributed by atoms with E-state index in [-0.39, 0.29) is 17.0 Å². The summed E-state index contributed by atoms with van der Waals surface area (Å²) in [6, 6.07) is 3.96. The van der Waals surface area contributed by atoms with E-state index in [1.54, 1.807) is 6.07 Å². The molecule has 1 heterocycles. The van der Waals surface area contributed by atoms with E-state index < -0.39 is 17.4 Å². The number of methoxy groups -OCH3 is 1. The molecule has 1 saturated heterocycles. The fourth-order valence-corrected chi connectivity index (χ4v) is 3.15. The van der Waals surface area contributed by atoms with Gasteiger partial charge in [0.25, 0.3) is 0 Å². The molecule has 114 valence electrons. The topological polar surface area (TPSA) is 59.6 Å². The fourth-order valence-electron chi connectivity index (χ4n) is 3.15. The summed E-state index contributed by atoms with van der Waals surface area (Å²) in [6.45, 7) is 4.57. The van der Waals surface area contributed by atoms with Crippen LogP contribution >= 0.6 is 0 Å². The first-order valence-electron chi connectivity index (χ1n) is 6.95. The van der Waals surface area contributed by atoms with Crippen molar-refractivity contribution in [1.82, 2.24) is 5.32 Å². The monoisotopic (exact) mass is 294 g/mol. The highest BCUT2D eigenvalue weighted by atomic mass is 19.1. The van der Waals surface area contributed by atoms with E-state index in [1.807, 2.05) is 13.8 Å². The number of para-hydroxylation sites is 1. The molecular formula is C15H19FN2O3. The summed E-state index contributed by atoms with van der Waals surface area (Å²) < 4.78 is 24.6. The van der Waals surface area contributed by atoms with Crippen LogP contribution in [0.2, 0.25) is 0 Å². The van der Waals surface area contributed by atoms with Crippen LogP contribution in [0.3, 0.4) is 0 Å². The van der Waals surface area contributed by atoms with Crippen LogP contribution in [0.5, 0.6) is 5.75 Å². The summed E-state index contributed by atoms with van der Waals surface area (Å²) in [6.07, 6.45) is 0.891. The van der Waals surface area contributed by atoms with Gasteiger partial charge in [0.05, 0.1) is 24.9 Å². The minimum absolute atomic E-state index is 0.0443. The van der Waals surface area contributed by atoms with Gasteiger partial charge >= 0.3 is 6.03 Å². The number of benzene rings is 1. The number of amides is 2. The number of anilines is 1. The molecule has 0 bridgehead atoms. The van der Waals surface area contributed by atoms with Crippen molar-refractivity contribution in [1.29, 1.82) is 0 Å². The Balaban J connectivity index is 1.74. The highest BCUT2D eigenvalue weighted by Gasteiger charge is 2.69. The zero-order valence-corrected chi connectivity index (χ0v) is 12.3. The molecule has 2 fully saturated rings. The van der Waals surface area contributed by atoms with E-state index in [4.69, 9.17) is 9.47 Å². The summed E-state index contributed by atoms with van der Waals surface area (Å²) >= 11 is 0. The number of hydrogen-bond acceptors (Lipinski definition) is 3. The number of hydrogen-bond donors (Lipinski definition) is 2. The van der Waals surface area contributed by atoms with Gasteiger partial charge in [0.1, 0.15) is 11.4 Å². The van der Waals surface area contributed by atoms with Gasteiger partial charge in [-0.25, -0.2) is 9.18 Å². The minimum Gasteiger partial charge on any atom is -0.494 e. The van der Waals surface area contributed by atoms with Crippen molar-refractivity contribution in [2.24, 2.45) is 5.92 Å². The third kappa shape index (κ3) is 2.14. The first kappa shape index (κ1) is 14.1. The van der Waals surface area contributed by atoms with Gasteiger partial charge in [-0.1, -0.05) is 6.07 Å². The van der Waals surface area contributed by atoms with Gasteiger partial charge in [-0.15, -0.1) is 0 Å². The number of carbonyl (C=O) groups excluding carboxylic acids is 1. The predicted octanol–water partition coefficient (Wildman–Crippen LogP) is 2.52. The molecule has 1 aromatic carbocycles. The molecule has 2 atom stereocenters. The van der Waals surface area contributed by atoms with Crippen molar-refractivity contribution in [2.75, 3.05) is 19.0 Å². The van der Waals surface area contributed by atoms with Gasteiger partial charge in [0.15, 0.2) is 5.82 Å². The molecule has 1 aliphatic carbocycles. The Bertz CT molecular complexity index is 590. The van der Waals surface area contributed by atoms with Crippen LogP contribution in [0, 0.1) is 11.7 Å². The molecule has 2 N–H and O–H groups in total. The second-order valence-corrected chi connectivity index (χ2v) is 6.09. The zero-order chi connectivity index (χ0) is 15.3. The number of halogens is 1. The molecule has 2 amide bonds. The lowest BCUT2D eigenvalue weighted by atomic mass is 9.96. The van der Waals surface area contributed by atoms with Gasteiger partial charge in [-0.2, -0.15) is 0 Å². The molecule has 21 heavy (non-hydrogen) atoms. The van der Waals surface area contributed by atoms with E-state index in [0.29, 0.717) is 12.5 Å². The number of urea groups is 1. The highest BCUT2D eigenvalue weighted by molar-refractivity contribution is 5.92. The summed E-state index contributed by atoms with van der Waals surface area (Å²) in [5, 5.41) is 5.49. The second kappa shape index (κ2) is 4.59. The van der Waals surface area contributed by atoms with Crippen LogP contribution in [0.25, 0.3) is 0 Å². The Morgan fingerprint density at radius 1 is 1.48 bits per heavy atom. The molecule has 1 aromatic rings. The van der Waals surface area contributed by atoms with Crippen molar-refractivity contribution >= 4 is 11.7 Å². The summed E-state index contributed by atoms with van der Waals surface area (Å²) in [5.74, 6) is 0.0916. The third-order valence-electron chi connectivity index (χ3n) is 4.60. The molecule has 0 aromatic heterocycles. The van der Waals surface area contributed by atoms with Crippen LogP contribution in [0.4, 0.5) is 14.9 Å². The second-order valence-electron chi connectivity index (χ2n) is 6.09. The zero-order valence-electron chi connectivity index (χ0n) is 12.3. The van der Waals surface area contributed by atoms with Gasteiger partial charge in [-0.05, 0) is 32.4 Å². The maximum absolute atomic E-state index is 13.8. The van der Waals surface area contributed by atoms with Gasteiger partial charge in [-0.3, -0.25) is 0 Å². The van der Waals surface area contributed by atoms with Crippen LogP contribution in [-0.4, -0.2) is 30.9 Å². The lowest BCUT2D eigenvalue weighted by Crippen LogP contribution is -2.52. The first-order chi connectivity index (χ1) is 9.89. The Morgan fingerprint density at radius 3 is 2.81 bits per heavy atom. The molecule has 0 radical (unpaired) electrons. The van der Waals surface area contributed by atoms with Gasteiger partial charge in [0, 0.05) is 5.92 Å². The Kier molecular flexibility index (Phi) is 3.09. The van der Waals surface area contributed by atoms with E-state index in [9.17, 15) is 9.18 Å². The van der Waals surface area contributed by atoms with E-state index in [1.165, 1.54) is 19.2 Å².